The molecule has 2 heterocycles. The third kappa shape index (κ3) is 5.53. The average Bonchev–Trinajstić information content (AvgIpc) is 3.26. The lowest BCUT2D eigenvalue weighted by Crippen LogP contribution is -2.35. The molecule has 5 N–H and O–H groups in total. The number of nitrogens with one attached hydrogen (secondary N) is 1. The zero-order chi connectivity index (χ0) is 22.5. The van der Waals surface area contributed by atoms with Crippen molar-refractivity contribution in [2.24, 2.45) is 5.92 Å². The highest BCUT2D eigenvalue weighted by atomic mass is 35.5. The largest absolute Gasteiger partial charge is 0.398 e. The predicted molar refractivity (Wildman–Crippen MR) is 132 cm³/mol. The van der Waals surface area contributed by atoms with Crippen LogP contribution in [0.25, 0.3) is 0 Å². The topological polar surface area (TPSA) is 109 Å². The third-order valence-corrected chi connectivity index (χ3v) is 7.07. The lowest BCUT2D eigenvalue weighted by molar-refractivity contribution is 0.277. The first-order chi connectivity index (χ1) is 15.5. The molecule has 4 rings (SSSR count). The highest BCUT2D eigenvalue weighted by Crippen LogP contribution is 2.33. The van der Waals surface area contributed by atoms with Crippen LogP contribution in [0, 0.1) is 5.92 Å². The van der Waals surface area contributed by atoms with Crippen molar-refractivity contribution < 1.29 is 0 Å². The summed E-state index contributed by atoms with van der Waals surface area (Å²) in [7, 11) is 0. The normalized spacial score (nSPS) is 19.9. The Morgan fingerprint density at radius 2 is 1.91 bits per heavy atom. The number of benzene rings is 1. The van der Waals surface area contributed by atoms with Crippen molar-refractivity contribution in [3.8, 4) is 0 Å². The van der Waals surface area contributed by atoms with Gasteiger partial charge in [0.25, 0.3) is 0 Å². The van der Waals surface area contributed by atoms with Gasteiger partial charge in [-0.3, -0.25) is 4.90 Å². The van der Waals surface area contributed by atoms with Gasteiger partial charge in [0.15, 0.2) is 0 Å². The van der Waals surface area contributed by atoms with Gasteiger partial charge in [-0.2, -0.15) is 15.0 Å². The van der Waals surface area contributed by atoms with Crippen LogP contribution in [0.4, 0.5) is 29.2 Å². The fourth-order valence-electron chi connectivity index (χ4n) is 4.95. The molecular weight excluding hydrogens is 424 g/mol. The Morgan fingerprint density at radius 3 is 2.66 bits per heavy atom. The Kier molecular flexibility index (Phi) is 7.52. The summed E-state index contributed by atoms with van der Waals surface area (Å²) in [6, 6.07) is 6.17. The number of halogens is 1. The van der Waals surface area contributed by atoms with Gasteiger partial charge in [-0.05, 0) is 62.9 Å². The molecule has 0 amide bonds. The number of nitrogen functional groups attached to an aromatic ring is 2. The smallest absolute Gasteiger partial charge is 0.236 e. The first-order valence-corrected chi connectivity index (χ1v) is 12.2. The maximum atomic E-state index is 6.35. The molecule has 1 saturated heterocycles. The van der Waals surface area contributed by atoms with Gasteiger partial charge < -0.3 is 21.7 Å². The molecule has 2 fully saturated rings. The molecule has 1 saturated carbocycles. The summed E-state index contributed by atoms with van der Waals surface area (Å²) in [6.07, 6.45) is 8.68. The van der Waals surface area contributed by atoms with Crippen molar-refractivity contribution in [2.45, 2.75) is 57.9 Å². The summed E-state index contributed by atoms with van der Waals surface area (Å²) in [5.74, 6) is 1.85. The van der Waals surface area contributed by atoms with Crippen LogP contribution in [0.2, 0.25) is 5.02 Å². The number of hydrogen-bond acceptors (Lipinski definition) is 8. The van der Waals surface area contributed by atoms with Crippen molar-refractivity contribution in [3.63, 3.8) is 0 Å². The Balaban J connectivity index is 1.58. The number of hydrogen-bond donors (Lipinski definition) is 3. The first kappa shape index (κ1) is 22.9. The molecule has 0 spiro atoms. The summed E-state index contributed by atoms with van der Waals surface area (Å²) < 4.78 is 0. The second-order valence-corrected chi connectivity index (χ2v) is 9.35. The molecule has 8 nitrogen and oxygen atoms in total. The Hall–Kier alpha value is -2.32. The van der Waals surface area contributed by atoms with Crippen LogP contribution in [0.1, 0.15) is 51.9 Å². The number of likely N-dealkylation sites (N-methyl/N-ethyl adjacent to an activating group) is 1. The van der Waals surface area contributed by atoms with E-state index < -0.39 is 0 Å². The molecule has 1 aromatic carbocycles. The van der Waals surface area contributed by atoms with E-state index >= 15 is 0 Å². The van der Waals surface area contributed by atoms with Crippen LogP contribution in [0.3, 0.4) is 0 Å². The molecule has 1 unspecified atom stereocenters. The van der Waals surface area contributed by atoms with E-state index in [1.807, 2.05) is 18.2 Å². The molecule has 9 heteroatoms. The monoisotopic (exact) mass is 458 g/mol. The fourth-order valence-corrected chi connectivity index (χ4v) is 5.12. The van der Waals surface area contributed by atoms with Crippen molar-refractivity contribution in [2.75, 3.05) is 47.9 Å². The number of rotatable bonds is 8. The van der Waals surface area contributed by atoms with Crippen LogP contribution in [-0.4, -0.2) is 52.1 Å². The third-order valence-electron chi connectivity index (χ3n) is 6.74. The van der Waals surface area contributed by atoms with Gasteiger partial charge in [0.1, 0.15) is 0 Å². The first-order valence-electron chi connectivity index (χ1n) is 11.9. The number of nitrogens with two attached hydrogens (primary N) is 2. The van der Waals surface area contributed by atoms with Gasteiger partial charge in [0.05, 0.1) is 10.7 Å². The van der Waals surface area contributed by atoms with Crippen molar-refractivity contribution >= 4 is 40.8 Å². The average molecular weight is 459 g/mol. The lowest BCUT2D eigenvalue weighted by Gasteiger charge is -2.30. The minimum atomic E-state index is 0.214. The number of anilines is 5. The lowest BCUT2D eigenvalue weighted by atomic mass is 9.89. The van der Waals surface area contributed by atoms with Crippen molar-refractivity contribution in [1.29, 1.82) is 0 Å². The van der Waals surface area contributed by atoms with Crippen LogP contribution in [0.15, 0.2) is 18.2 Å². The molecule has 174 valence electrons. The van der Waals surface area contributed by atoms with Gasteiger partial charge in [-0.1, -0.05) is 37.8 Å². The molecule has 1 aliphatic carbocycles. The molecule has 1 aromatic heterocycles. The van der Waals surface area contributed by atoms with Gasteiger partial charge in [0, 0.05) is 24.8 Å². The molecule has 0 bridgehead atoms. The minimum absolute atomic E-state index is 0.214. The van der Waals surface area contributed by atoms with Crippen LogP contribution in [-0.2, 0) is 0 Å². The maximum absolute atomic E-state index is 6.35. The molecule has 32 heavy (non-hydrogen) atoms. The summed E-state index contributed by atoms with van der Waals surface area (Å²) >= 11 is 6.35. The second-order valence-electron chi connectivity index (χ2n) is 8.94. The van der Waals surface area contributed by atoms with Crippen molar-refractivity contribution in [1.82, 2.24) is 19.9 Å². The minimum Gasteiger partial charge on any atom is -0.398 e. The van der Waals surface area contributed by atoms with Crippen LogP contribution in [0.5, 0.6) is 0 Å². The Bertz CT molecular complexity index is 902. The SMILES string of the molecule is CCN1CCCC1CNc1nc(N)nc(N(CC2CCCCC2)c2ccc(N)c(Cl)c2)n1. The maximum Gasteiger partial charge on any atom is 0.236 e. The van der Waals surface area contributed by atoms with Crippen LogP contribution >= 0.6 is 11.6 Å². The zero-order valence-corrected chi connectivity index (χ0v) is 19.7. The van der Waals surface area contributed by atoms with E-state index in [1.165, 1.54) is 44.9 Å². The number of nitrogens with zero attached hydrogens (tertiary/aromatic N) is 5. The van der Waals surface area contributed by atoms with E-state index in [-0.39, 0.29) is 5.95 Å². The van der Waals surface area contributed by atoms with E-state index in [2.05, 4.69) is 32.0 Å². The van der Waals surface area contributed by atoms with Gasteiger partial charge in [-0.15, -0.1) is 0 Å². The number of likely N-dealkylation sites (tertiary alicyclic amines) is 1. The summed E-state index contributed by atoms with van der Waals surface area (Å²) in [4.78, 5) is 18.2. The highest BCUT2D eigenvalue weighted by molar-refractivity contribution is 6.33. The van der Waals surface area contributed by atoms with E-state index in [0.29, 0.717) is 34.6 Å². The molecule has 1 aliphatic heterocycles. The quantitative estimate of drug-likeness (QED) is 0.502. The Morgan fingerprint density at radius 1 is 1.09 bits per heavy atom. The van der Waals surface area contributed by atoms with E-state index in [1.54, 1.807) is 0 Å². The summed E-state index contributed by atoms with van der Waals surface area (Å²) in [5, 5.41) is 3.93. The Labute approximate surface area is 195 Å². The molecule has 0 radical (unpaired) electrons. The molecule has 1 atom stereocenters. The van der Waals surface area contributed by atoms with E-state index in [9.17, 15) is 0 Å². The highest BCUT2D eigenvalue weighted by Gasteiger charge is 2.24. The van der Waals surface area contributed by atoms with Crippen LogP contribution < -0.4 is 21.7 Å². The zero-order valence-electron chi connectivity index (χ0n) is 18.9. The van der Waals surface area contributed by atoms with Gasteiger partial charge in [0.2, 0.25) is 17.8 Å². The van der Waals surface area contributed by atoms with E-state index in [4.69, 9.17) is 28.1 Å². The molecule has 2 aromatic rings. The molecular formula is C23H35ClN8. The van der Waals surface area contributed by atoms with E-state index in [0.717, 1.165) is 31.9 Å². The molecule has 2 aliphatic rings. The number of aromatic nitrogens is 3. The van der Waals surface area contributed by atoms with Crippen molar-refractivity contribution in [3.05, 3.63) is 23.2 Å². The summed E-state index contributed by atoms with van der Waals surface area (Å²) in [5.41, 5.74) is 13.5. The van der Waals surface area contributed by atoms with Gasteiger partial charge in [-0.25, -0.2) is 0 Å². The second kappa shape index (κ2) is 10.5. The fraction of sp³-hybridized carbons (Fsp3) is 0.609. The standard InChI is InChI=1S/C23H35ClN8/c1-2-31-12-6-9-18(31)14-27-22-28-21(26)29-23(30-22)32(15-16-7-4-3-5-8-16)17-10-11-20(25)19(24)13-17/h10-11,13,16,18H,2-9,12,14-15,25H2,1H3,(H3,26,27,28,29,30). The predicted octanol–water partition coefficient (Wildman–Crippen LogP) is 4.30. The van der Waals surface area contributed by atoms with Gasteiger partial charge >= 0.3 is 0 Å². The summed E-state index contributed by atoms with van der Waals surface area (Å²) in [6.45, 7) is 6.03.